The molecule has 1 aromatic heterocycles. The van der Waals surface area contributed by atoms with Crippen LogP contribution >= 0.6 is 0 Å². The molecule has 0 spiro atoms. The maximum Gasteiger partial charge on any atom is 0.226 e. The molecule has 152 valence electrons. The number of nitrogens with one attached hydrogen (secondary N) is 2. The SMILES string of the molecule is COCCCNC(=O)CCC(=O)Nc1cc(C(C)(C)C)nn1-c1ccccc1. The van der Waals surface area contributed by atoms with Gasteiger partial charge in [-0.2, -0.15) is 5.10 Å². The molecule has 0 saturated heterocycles. The number of hydrogen-bond acceptors (Lipinski definition) is 4. The number of carbonyl (C=O) groups excluding carboxylic acids is 2. The Morgan fingerprint density at radius 3 is 2.43 bits per heavy atom. The van der Waals surface area contributed by atoms with Gasteiger partial charge in [-0.3, -0.25) is 9.59 Å². The van der Waals surface area contributed by atoms with Gasteiger partial charge in [-0.15, -0.1) is 0 Å². The largest absolute Gasteiger partial charge is 0.385 e. The third-order valence-corrected chi connectivity index (χ3v) is 4.17. The highest BCUT2D eigenvalue weighted by molar-refractivity contribution is 5.92. The fourth-order valence-corrected chi connectivity index (χ4v) is 2.57. The highest BCUT2D eigenvalue weighted by Crippen LogP contribution is 2.26. The lowest BCUT2D eigenvalue weighted by Gasteiger charge is -2.14. The zero-order chi connectivity index (χ0) is 20.6. The molecule has 0 aliphatic carbocycles. The summed E-state index contributed by atoms with van der Waals surface area (Å²) in [7, 11) is 1.62. The number of anilines is 1. The van der Waals surface area contributed by atoms with Crippen molar-refractivity contribution in [1.29, 1.82) is 0 Å². The molecule has 2 N–H and O–H groups in total. The molecule has 0 unspecified atom stereocenters. The summed E-state index contributed by atoms with van der Waals surface area (Å²) in [6, 6.07) is 11.5. The fraction of sp³-hybridized carbons (Fsp3) is 0.476. The van der Waals surface area contributed by atoms with Crippen LogP contribution in [0, 0.1) is 0 Å². The minimum absolute atomic E-state index is 0.112. The lowest BCUT2D eigenvalue weighted by Crippen LogP contribution is -2.26. The summed E-state index contributed by atoms with van der Waals surface area (Å²) < 4.78 is 6.66. The van der Waals surface area contributed by atoms with E-state index >= 15 is 0 Å². The van der Waals surface area contributed by atoms with Crippen molar-refractivity contribution in [3.8, 4) is 5.69 Å². The maximum absolute atomic E-state index is 12.4. The summed E-state index contributed by atoms with van der Waals surface area (Å²) in [6.07, 6.45) is 1.01. The van der Waals surface area contributed by atoms with E-state index in [9.17, 15) is 9.59 Å². The van der Waals surface area contributed by atoms with Crippen molar-refractivity contribution in [2.75, 3.05) is 25.6 Å². The molecule has 2 aromatic rings. The average molecular weight is 386 g/mol. The van der Waals surface area contributed by atoms with Gasteiger partial charge in [-0.1, -0.05) is 39.0 Å². The summed E-state index contributed by atoms with van der Waals surface area (Å²) in [4.78, 5) is 24.2. The Morgan fingerprint density at radius 2 is 1.79 bits per heavy atom. The lowest BCUT2D eigenvalue weighted by atomic mass is 9.92. The number of hydrogen-bond donors (Lipinski definition) is 2. The number of aromatic nitrogens is 2. The van der Waals surface area contributed by atoms with E-state index in [2.05, 4.69) is 36.5 Å². The zero-order valence-corrected chi connectivity index (χ0v) is 17.1. The molecule has 7 heteroatoms. The molecule has 0 bridgehead atoms. The molecule has 0 aliphatic rings. The second-order valence-corrected chi connectivity index (χ2v) is 7.66. The van der Waals surface area contributed by atoms with Gasteiger partial charge >= 0.3 is 0 Å². The van der Waals surface area contributed by atoms with Crippen LogP contribution in [-0.4, -0.2) is 41.9 Å². The van der Waals surface area contributed by atoms with Crippen LogP contribution in [0.1, 0.15) is 45.7 Å². The van der Waals surface area contributed by atoms with Crippen molar-refractivity contribution < 1.29 is 14.3 Å². The molecule has 7 nitrogen and oxygen atoms in total. The van der Waals surface area contributed by atoms with Crippen LogP contribution in [0.4, 0.5) is 5.82 Å². The van der Waals surface area contributed by atoms with Crippen molar-refractivity contribution in [3.63, 3.8) is 0 Å². The minimum Gasteiger partial charge on any atom is -0.385 e. The van der Waals surface area contributed by atoms with Gasteiger partial charge in [-0.05, 0) is 18.6 Å². The van der Waals surface area contributed by atoms with E-state index in [1.807, 2.05) is 36.4 Å². The normalized spacial score (nSPS) is 11.3. The van der Waals surface area contributed by atoms with Gasteiger partial charge in [0.2, 0.25) is 11.8 Å². The molecule has 2 amide bonds. The van der Waals surface area contributed by atoms with E-state index in [-0.39, 0.29) is 30.1 Å². The molecular weight excluding hydrogens is 356 g/mol. The number of carbonyl (C=O) groups is 2. The zero-order valence-electron chi connectivity index (χ0n) is 17.1. The van der Waals surface area contributed by atoms with Gasteiger partial charge in [0, 0.05) is 44.6 Å². The van der Waals surface area contributed by atoms with E-state index < -0.39 is 0 Å². The second kappa shape index (κ2) is 10.0. The van der Waals surface area contributed by atoms with E-state index in [4.69, 9.17) is 4.74 Å². The molecule has 28 heavy (non-hydrogen) atoms. The first-order valence-electron chi connectivity index (χ1n) is 9.52. The second-order valence-electron chi connectivity index (χ2n) is 7.66. The lowest BCUT2D eigenvalue weighted by molar-refractivity contribution is -0.124. The van der Waals surface area contributed by atoms with Gasteiger partial charge in [0.1, 0.15) is 5.82 Å². The van der Waals surface area contributed by atoms with Crippen LogP contribution in [-0.2, 0) is 19.7 Å². The third kappa shape index (κ3) is 6.49. The number of benzene rings is 1. The first-order valence-corrected chi connectivity index (χ1v) is 9.52. The molecule has 1 aromatic carbocycles. The number of nitrogens with zero attached hydrogens (tertiary/aromatic N) is 2. The van der Waals surface area contributed by atoms with Crippen LogP contribution in [0.3, 0.4) is 0 Å². The van der Waals surface area contributed by atoms with Crippen molar-refractivity contribution in [3.05, 3.63) is 42.1 Å². The molecule has 1 heterocycles. The number of ether oxygens (including phenoxy) is 1. The Morgan fingerprint density at radius 1 is 1.11 bits per heavy atom. The first kappa shape index (κ1) is 21.6. The van der Waals surface area contributed by atoms with E-state index in [1.54, 1.807) is 11.8 Å². The summed E-state index contributed by atoms with van der Waals surface area (Å²) >= 11 is 0. The Hall–Kier alpha value is -2.67. The number of para-hydroxylation sites is 1. The summed E-state index contributed by atoms with van der Waals surface area (Å²) in [6.45, 7) is 7.36. The number of rotatable bonds is 9. The van der Waals surface area contributed by atoms with Crippen LogP contribution in [0.15, 0.2) is 36.4 Å². The van der Waals surface area contributed by atoms with Crippen LogP contribution < -0.4 is 10.6 Å². The van der Waals surface area contributed by atoms with Gasteiger partial charge in [-0.25, -0.2) is 4.68 Å². The Labute approximate surface area is 166 Å². The monoisotopic (exact) mass is 386 g/mol. The van der Waals surface area contributed by atoms with E-state index in [0.29, 0.717) is 19.0 Å². The smallest absolute Gasteiger partial charge is 0.226 e. The van der Waals surface area contributed by atoms with Crippen molar-refractivity contribution in [2.24, 2.45) is 0 Å². The van der Waals surface area contributed by atoms with Crippen LogP contribution in [0.5, 0.6) is 0 Å². The van der Waals surface area contributed by atoms with Gasteiger partial charge in [0.25, 0.3) is 0 Å². The summed E-state index contributed by atoms with van der Waals surface area (Å²) in [5, 5.41) is 10.3. The molecule has 0 fully saturated rings. The number of amides is 2. The third-order valence-electron chi connectivity index (χ3n) is 4.17. The molecule has 2 rings (SSSR count). The molecular formula is C21H30N4O3. The Balaban J connectivity index is 2.01. The Bertz CT molecular complexity index is 779. The average Bonchev–Trinajstić information content (AvgIpc) is 3.08. The predicted octanol–water partition coefficient (Wildman–Crippen LogP) is 3.04. The quantitative estimate of drug-likeness (QED) is 0.649. The van der Waals surface area contributed by atoms with Crippen LogP contribution in [0.25, 0.3) is 5.69 Å². The number of methoxy groups -OCH3 is 1. The molecule has 0 aliphatic heterocycles. The molecule has 0 radical (unpaired) electrons. The van der Waals surface area contributed by atoms with Crippen molar-refractivity contribution in [1.82, 2.24) is 15.1 Å². The van der Waals surface area contributed by atoms with Crippen molar-refractivity contribution in [2.45, 2.75) is 45.4 Å². The van der Waals surface area contributed by atoms with Crippen LogP contribution in [0.2, 0.25) is 0 Å². The Kier molecular flexibility index (Phi) is 7.75. The maximum atomic E-state index is 12.4. The fourth-order valence-electron chi connectivity index (χ4n) is 2.57. The summed E-state index contributed by atoms with van der Waals surface area (Å²) in [5.74, 6) is 0.240. The standard InChI is InChI=1S/C21H30N4O3/c1-21(2,3)17-15-18(25(24-17)16-9-6-5-7-10-16)23-20(27)12-11-19(26)22-13-8-14-28-4/h5-7,9-10,15H,8,11-14H2,1-4H3,(H,22,26)(H,23,27). The first-order chi connectivity index (χ1) is 13.3. The summed E-state index contributed by atoms with van der Waals surface area (Å²) in [5.41, 5.74) is 1.59. The van der Waals surface area contributed by atoms with Gasteiger partial charge < -0.3 is 15.4 Å². The van der Waals surface area contributed by atoms with Gasteiger partial charge in [0.15, 0.2) is 0 Å². The molecule has 0 atom stereocenters. The minimum atomic E-state index is -0.218. The topological polar surface area (TPSA) is 85.2 Å². The van der Waals surface area contributed by atoms with Crippen molar-refractivity contribution >= 4 is 17.6 Å². The van der Waals surface area contributed by atoms with E-state index in [0.717, 1.165) is 17.8 Å². The highest BCUT2D eigenvalue weighted by atomic mass is 16.5. The highest BCUT2D eigenvalue weighted by Gasteiger charge is 2.21. The molecule has 0 saturated carbocycles. The van der Waals surface area contributed by atoms with Gasteiger partial charge in [0.05, 0.1) is 11.4 Å². The predicted molar refractivity (Wildman–Crippen MR) is 110 cm³/mol. The van der Waals surface area contributed by atoms with E-state index in [1.165, 1.54) is 0 Å².